The van der Waals surface area contributed by atoms with E-state index in [0.29, 0.717) is 0 Å². The Morgan fingerprint density at radius 2 is 2.08 bits per heavy atom. The molecule has 0 bridgehead atoms. The van der Waals surface area contributed by atoms with Crippen molar-refractivity contribution in [3.63, 3.8) is 0 Å². The van der Waals surface area contributed by atoms with Gasteiger partial charge in [-0.1, -0.05) is 0 Å². The molecule has 1 rings (SSSR count). The largest absolute Gasteiger partial charge is 0.379 e. The molecule has 1 aliphatic rings. The van der Waals surface area contributed by atoms with Gasteiger partial charge in [-0.15, -0.1) is 0 Å². The smallest absolute Gasteiger partial charge is 0.224 e. The number of halogens is 1. The highest BCUT2D eigenvalue weighted by molar-refractivity contribution is 6.63. The third-order valence-corrected chi connectivity index (χ3v) is 2.69. The first-order valence-electron chi connectivity index (χ1n) is 4.22. The molecule has 0 aromatic heterocycles. The van der Waals surface area contributed by atoms with E-state index in [1.54, 1.807) is 6.92 Å². The minimum absolute atomic E-state index is 0.00154. The van der Waals surface area contributed by atoms with Crippen LogP contribution < -0.4 is 0 Å². The van der Waals surface area contributed by atoms with Crippen LogP contribution in [0.5, 0.6) is 0 Å². The van der Waals surface area contributed by atoms with Gasteiger partial charge in [0.25, 0.3) is 0 Å². The van der Waals surface area contributed by atoms with Gasteiger partial charge in [-0.05, 0) is 31.4 Å². The summed E-state index contributed by atoms with van der Waals surface area (Å²) in [5.41, 5.74) is 0. The number of carbonyl (C=O) groups is 1. The Labute approximate surface area is 77.3 Å². The highest BCUT2D eigenvalue weighted by Crippen LogP contribution is 2.20. The molecule has 0 radical (unpaired) electrons. The number of piperidine rings is 1. The summed E-state index contributed by atoms with van der Waals surface area (Å²) in [6.45, 7) is 3.27. The predicted molar refractivity (Wildman–Crippen MR) is 46.8 cm³/mol. The monoisotopic (exact) mass is 191 g/mol. The molecule has 1 aliphatic heterocycles. The quantitative estimate of drug-likeness (QED) is 0.657. The molecule has 1 saturated heterocycles. The molecule has 1 unspecified atom stereocenters. The third-order valence-electron chi connectivity index (χ3n) is 2.38. The van der Waals surface area contributed by atoms with E-state index in [9.17, 15) is 9.90 Å². The van der Waals surface area contributed by atoms with Crippen molar-refractivity contribution >= 4 is 16.8 Å². The fraction of sp³-hybridized carbons (Fsp3) is 0.875. The summed E-state index contributed by atoms with van der Waals surface area (Å²) >= 11 is 5.36. The van der Waals surface area contributed by atoms with E-state index in [4.69, 9.17) is 11.6 Å². The lowest BCUT2D eigenvalue weighted by molar-refractivity contribution is -0.117. The second kappa shape index (κ2) is 4.21. The topological polar surface area (TPSA) is 40.5 Å². The van der Waals surface area contributed by atoms with Crippen molar-refractivity contribution in [1.29, 1.82) is 0 Å². The maximum absolute atomic E-state index is 10.8. The second-order valence-corrected chi connectivity index (χ2v) is 3.62. The molecule has 1 atom stereocenters. The maximum atomic E-state index is 10.8. The van der Waals surface area contributed by atoms with Gasteiger partial charge in [-0.25, -0.2) is 0 Å². The van der Waals surface area contributed by atoms with Crippen molar-refractivity contribution in [3.8, 4) is 0 Å². The van der Waals surface area contributed by atoms with E-state index >= 15 is 0 Å². The lowest BCUT2D eigenvalue weighted by atomic mass is 9.98. The molecule has 4 heteroatoms. The fourth-order valence-electron chi connectivity index (χ4n) is 1.50. The van der Waals surface area contributed by atoms with Gasteiger partial charge >= 0.3 is 0 Å². The normalized spacial score (nSPS) is 23.9. The highest BCUT2D eigenvalue weighted by atomic mass is 35.5. The van der Waals surface area contributed by atoms with E-state index in [2.05, 4.69) is 0 Å². The summed E-state index contributed by atoms with van der Waals surface area (Å²) in [6.07, 6.45) is 1.14. The minimum atomic E-state index is -0.406. The van der Waals surface area contributed by atoms with Gasteiger partial charge in [0.2, 0.25) is 5.24 Å². The zero-order valence-corrected chi connectivity index (χ0v) is 7.92. The molecule has 0 aliphatic carbocycles. The summed E-state index contributed by atoms with van der Waals surface area (Å²) in [4.78, 5) is 12.7. The Morgan fingerprint density at radius 3 is 2.42 bits per heavy atom. The maximum Gasteiger partial charge on any atom is 0.224 e. The van der Waals surface area contributed by atoms with Crippen LogP contribution >= 0.6 is 11.6 Å². The van der Waals surface area contributed by atoms with Gasteiger partial charge in [0, 0.05) is 19.0 Å². The number of hydrogen-bond acceptors (Lipinski definition) is 3. The lowest BCUT2D eigenvalue weighted by Gasteiger charge is -2.32. The Hall–Kier alpha value is -0.120. The van der Waals surface area contributed by atoms with E-state index in [1.165, 1.54) is 0 Å². The minimum Gasteiger partial charge on any atom is -0.379 e. The molecule has 12 heavy (non-hydrogen) atoms. The molecule has 0 spiro atoms. The number of nitrogens with zero attached hydrogens (tertiary/aromatic N) is 1. The molecule has 0 aromatic rings. The van der Waals surface area contributed by atoms with Crippen LogP contribution in [-0.2, 0) is 4.79 Å². The molecule has 0 amide bonds. The van der Waals surface area contributed by atoms with E-state index in [-0.39, 0.29) is 11.2 Å². The van der Waals surface area contributed by atoms with Crippen LogP contribution in [0.2, 0.25) is 0 Å². The summed E-state index contributed by atoms with van der Waals surface area (Å²) < 4.78 is 0. The van der Waals surface area contributed by atoms with Crippen molar-refractivity contribution in [2.45, 2.75) is 26.0 Å². The fourth-order valence-corrected chi connectivity index (χ4v) is 1.72. The first kappa shape index (κ1) is 9.96. The van der Waals surface area contributed by atoms with Crippen molar-refractivity contribution in [1.82, 2.24) is 4.90 Å². The molecule has 3 nitrogen and oxygen atoms in total. The number of carbonyl (C=O) groups excluding carboxylic acids is 1. The number of aliphatic hydroxyl groups excluding tert-OH is 1. The Morgan fingerprint density at radius 1 is 1.58 bits per heavy atom. The average molecular weight is 192 g/mol. The predicted octanol–water partition coefficient (Wildman–Crippen LogP) is 0.802. The van der Waals surface area contributed by atoms with Crippen LogP contribution in [-0.4, -0.2) is 34.6 Å². The van der Waals surface area contributed by atoms with Crippen LogP contribution in [0.15, 0.2) is 0 Å². The molecule has 70 valence electrons. The van der Waals surface area contributed by atoms with Gasteiger partial charge in [0.15, 0.2) is 0 Å². The molecule has 1 heterocycles. The van der Waals surface area contributed by atoms with Crippen molar-refractivity contribution in [2.24, 2.45) is 5.92 Å². The lowest BCUT2D eigenvalue weighted by Crippen LogP contribution is -2.40. The standard InChI is InChI=1S/C8H14ClNO2/c1-6(11)10-4-2-7(3-5-10)8(9)12/h6-7,11H,2-5H2,1H3. The highest BCUT2D eigenvalue weighted by Gasteiger charge is 2.24. The van der Waals surface area contributed by atoms with Crippen molar-refractivity contribution in [3.05, 3.63) is 0 Å². The molecule has 1 N–H and O–H groups in total. The Kier molecular flexibility index (Phi) is 3.50. The average Bonchev–Trinajstić information content (AvgIpc) is 2.04. The first-order chi connectivity index (χ1) is 5.61. The summed E-state index contributed by atoms with van der Waals surface area (Å²) in [7, 11) is 0. The van der Waals surface area contributed by atoms with Gasteiger partial charge in [0.05, 0.1) is 0 Å². The Bertz CT molecular complexity index is 164. The zero-order chi connectivity index (χ0) is 9.14. The molecular weight excluding hydrogens is 178 g/mol. The summed E-state index contributed by atoms with van der Waals surface area (Å²) in [5.74, 6) is 0.00154. The number of hydrogen-bond donors (Lipinski definition) is 1. The van der Waals surface area contributed by atoms with Crippen LogP contribution in [0.4, 0.5) is 0 Å². The Balaban J connectivity index is 2.34. The van der Waals surface area contributed by atoms with Gasteiger partial charge in [-0.3, -0.25) is 9.69 Å². The van der Waals surface area contributed by atoms with Crippen LogP contribution in [0, 0.1) is 5.92 Å². The van der Waals surface area contributed by atoms with Crippen LogP contribution in [0.25, 0.3) is 0 Å². The third kappa shape index (κ3) is 2.44. The molecule has 0 aromatic carbocycles. The van der Waals surface area contributed by atoms with Crippen molar-refractivity contribution < 1.29 is 9.90 Å². The van der Waals surface area contributed by atoms with Gasteiger partial charge in [-0.2, -0.15) is 0 Å². The van der Waals surface area contributed by atoms with Crippen LogP contribution in [0.3, 0.4) is 0 Å². The van der Waals surface area contributed by atoms with E-state index < -0.39 is 6.23 Å². The first-order valence-corrected chi connectivity index (χ1v) is 4.60. The zero-order valence-electron chi connectivity index (χ0n) is 7.16. The number of aliphatic hydroxyl groups is 1. The van der Waals surface area contributed by atoms with Crippen molar-refractivity contribution in [2.75, 3.05) is 13.1 Å². The number of rotatable bonds is 2. The molecule has 1 fully saturated rings. The van der Waals surface area contributed by atoms with Gasteiger partial charge < -0.3 is 5.11 Å². The van der Waals surface area contributed by atoms with Gasteiger partial charge in [0.1, 0.15) is 6.23 Å². The molecular formula is C8H14ClNO2. The SMILES string of the molecule is CC(O)N1CCC(C(=O)Cl)CC1. The van der Waals surface area contributed by atoms with Crippen LogP contribution in [0.1, 0.15) is 19.8 Å². The summed E-state index contributed by atoms with van der Waals surface area (Å²) in [5, 5.41) is 8.97. The summed E-state index contributed by atoms with van der Waals surface area (Å²) in [6, 6.07) is 0. The van der Waals surface area contributed by atoms with E-state index in [0.717, 1.165) is 25.9 Å². The molecule has 0 saturated carbocycles. The number of likely N-dealkylation sites (tertiary alicyclic amines) is 1. The van der Waals surface area contributed by atoms with E-state index in [1.807, 2.05) is 4.90 Å². The second-order valence-electron chi connectivity index (χ2n) is 3.25.